The Morgan fingerprint density at radius 2 is 1.40 bits per heavy atom. The lowest BCUT2D eigenvalue weighted by Gasteiger charge is -2.38. The summed E-state index contributed by atoms with van der Waals surface area (Å²) < 4.78 is 4.37. The second-order valence-corrected chi connectivity index (χ2v) is 9.75. The number of hydrogen-bond acceptors (Lipinski definition) is 4. The van der Waals surface area contributed by atoms with E-state index in [9.17, 15) is 9.69 Å². The molecule has 0 amide bonds. The first kappa shape index (κ1) is 16.6. The van der Waals surface area contributed by atoms with E-state index in [1.807, 2.05) is 36.4 Å². The second kappa shape index (κ2) is 6.78. The molecule has 2 fully saturated rings. The van der Waals surface area contributed by atoms with E-state index in [2.05, 4.69) is 33.6 Å². The first-order chi connectivity index (χ1) is 12.2. The Balaban J connectivity index is 1.76. The van der Waals surface area contributed by atoms with E-state index >= 15 is 0 Å². The van der Waals surface area contributed by atoms with Crippen LogP contribution < -0.4 is 9.34 Å². The van der Waals surface area contributed by atoms with Crippen molar-refractivity contribution < 1.29 is 9.69 Å². The predicted octanol–water partition coefficient (Wildman–Crippen LogP) is 4.28. The number of ketones is 1. The van der Waals surface area contributed by atoms with Crippen LogP contribution in [-0.2, 0) is 4.79 Å². The van der Waals surface area contributed by atoms with Gasteiger partial charge in [0.05, 0.1) is 24.5 Å². The highest BCUT2D eigenvalue weighted by atomic mass is 31.2. The molecule has 4 nitrogen and oxygen atoms in total. The smallest absolute Gasteiger partial charge is 0.300 e. The van der Waals surface area contributed by atoms with Crippen molar-refractivity contribution >= 4 is 24.9 Å². The standard InChI is InChI=1S/C20H24N2O2P/c23-19-12-7-13-20(16-19)25(24)21(17-8-3-1-4-9-17)14-15-22(25)18-10-5-2-6-11-18/h1-6,8-11,20,24H,7,12-16H2/q+1. The van der Waals surface area contributed by atoms with Gasteiger partial charge in [-0.15, -0.1) is 0 Å². The van der Waals surface area contributed by atoms with Crippen molar-refractivity contribution in [2.45, 2.75) is 31.3 Å². The lowest BCUT2D eigenvalue weighted by Crippen LogP contribution is -2.36. The maximum absolute atomic E-state index is 12.1. The van der Waals surface area contributed by atoms with Gasteiger partial charge in [0.1, 0.15) is 11.4 Å². The summed E-state index contributed by atoms with van der Waals surface area (Å²) in [6.45, 7) is 1.57. The molecule has 5 heteroatoms. The second-order valence-electron chi connectivity index (χ2n) is 6.82. The number of rotatable bonds is 3. The molecule has 1 N–H and O–H groups in total. The number of anilines is 2. The molecule has 0 aromatic heterocycles. The number of Topliss-reactive ketones (excluding diaryl/α,β-unsaturated/α-hetero) is 1. The summed E-state index contributed by atoms with van der Waals surface area (Å²) in [5.41, 5.74) is 2.13. The quantitative estimate of drug-likeness (QED) is 0.835. The number of benzene rings is 2. The average molecular weight is 355 g/mol. The van der Waals surface area contributed by atoms with Gasteiger partial charge in [-0.25, -0.2) is 14.2 Å². The molecule has 1 unspecified atom stereocenters. The van der Waals surface area contributed by atoms with Gasteiger partial charge in [0.2, 0.25) is 0 Å². The predicted molar refractivity (Wildman–Crippen MR) is 104 cm³/mol. The van der Waals surface area contributed by atoms with Crippen molar-refractivity contribution in [2.24, 2.45) is 0 Å². The Bertz CT molecular complexity index is 690. The average Bonchev–Trinajstić information content (AvgIpc) is 3.02. The number of carbonyl (C=O) groups is 1. The number of nitrogens with zero attached hydrogens (tertiary/aromatic N) is 2. The SMILES string of the molecule is O=C1CCCC([P+]2(O)N(c3ccccc3)CCN2c2ccccc2)C1. The number of hydrogen-bond donors (Lipinski definition) is 1. The van der Waals surface area contributed by atoms with Crippen molar-refractivity contribution in [3.8, 4) is 0 Å². The Labute approximate surface area is 149 Å². The van der Waals surface area contributed by atoms with Crippen molar-refractivity contribution in [2.75, 3.05) is 22.4 Å². The highest BCUT2D eigenvalue weighted by molar-refractivity contribution is 7.74. The van der Waals surface area contributed by atoms with E-state index in [4.69, 9.17) is 0 Å². The summed E-state index contributed by atoms with van der Waals surface area (Å²) >= 11 is 0. The zero-order chi connectivity index (χ0) is 17.3. The molecule has 1 saturated carbocycles. The summed E-state index contributed by atoms with van der Waals surface area (Å²) in [4.78, 5) is 24.2. The van der Waals surface area contributed by atoms with Gasteiger partial charge in [0.25, 0.3) is 0 Å². The molecule has 4 rings (SSSR count). The minimum Gasteiger partial charge on any atom is -0.300 e. The Hall–Kier alpha value is -1.90. The molecule has 0 bridgehead atoms. The van der Waals surface area contributed by atoms with E-state index in [1.165, 1.54) is 0 Å². The van der Waals surface area contributed by atoms with Crippen LogP contribution in [0.25, 0.3) is 0 Å². The molecule has 2 aliphatic rings. The van der Waals surface area contributed by atoms with Crippen molar-refractivity contribution in [1.82, 2.24) is 0 Å². The van der Waals surface area contributed by atoms with Crippen LogP contribution in [0.2, 0.25) is 0 Å². The van der Waals surface area contributed by atoms with E-state index in [0.717, 1.165) is 37.3 Å². The van der Waals surface area contributed by atoms with Gasteiger partial charge < -0.3 is 0 Å². The molecule has 1 aliphatic carbocycles. The van der Waals surface area contributed by atoms with E-state index in [1.54, 1.807) is 0 Å². The molecule has 25 heavy (non-hydrogen) atoms. The monoisotopic (exact) mass is 355 g/mol. The van der Waals surface area contributed by atoms with Crippen LogP contribution in [0.4, 0.5) is 11.4 Å². The molecule has 0 radical (unpaired) electrons. The third-order valence-corrected chi connectivity index (χ3v) is 8.99. The fourth-order valence-electron chi connectivity index (χ4n) is 4.10. The van der Waals surface area contributed by atoms with Crippen LogP contribution in [0.3, 0.4) is 0 Å². The van der Waals surface area contributed by atoms with E-state index in [0.29, 0.717) is 12.8 Å². The van der Waals surface area contributed by atoms with Crippen LogP contribution >= 0.6 is 7.79 Å². The topological polar surface area (TPSA) is 43.8 Å². The summed E-state index contributed by atoms with van der Waals surface area (Å²) in [5.74, 6) is 0.289. The molecule has 2 aromatic rings. The normalized spacial score (nSPS) is 23.1. The molecule has 1 heterocycles. The summed E-state index contributed by atoms with van der Waals surface area (Å²) in [6.07, 6.45) is 2.96. The number of para-hydroxylation sites is 2. The van der Waals surface area contributed by atoms with Gasteiger partial charge >= 0.3 is 7.79 Å². The van der Waals surface area contributed by atoms with Crippen LogP contribution in [0.5, 0.6) is 0 Å². The van der Waals surface area contributed by atoms with E-state index in [-0.39, 0.29) is 11.4 Å². The molecule has 0 spiro atoms. The molecule has 1 saturated heterocycles. The lowest BCUT2D eigenvalue weighted by molar-refractivity contribution is -0.120. The van der Waals surface area contributed by atoms with Gasteiger partial charge in [-0.1, -0.05) is 36.4 Å². The van der Waals surface area contributed by atoms with Crippen LogP contribution in [0, 0.1) is 0 Å². The minimum absolute atomic E-state index is 0.0247. The molecule has 2 aromatic carbocycles. The maximum atomic E-state index is 12.1. The van der Waals surface area contributed by atoms with Gasteiger partial charge in [-0.05, 0) is 37.1 Å². The first-order valence-electron chi connectivity index (χ1n) is 8.99. The van der Waals surface area contributed by atoms with Gasteiger partial charge in [-0.2, -0.15) is 0 Å². The van der Waals surface area contributed by atoms with Gasteiger partial charge in [0.15, 0.2) is 0 Å². The third kappa shape index (κ3) is 2.94. The lowest BCUT2D eigenvalue weighted by atomic mass is 9.99. The fourth-order valence-corrected chi connectivity index (χ4v) is 7.84. The summed E-state index contributed by atoms with van der Waals surface area (Å²) in [6, 6.07) is 20.3. The maximum Gasteiger partial charge on any atom is 0.334 e. The molecular weight excluding hydrogens is 331 g/mol. The van der Waals surface area contributed by atoms with Crippen LogP contribution in [0.1, 0.15) is 25.7 Å². The molecule has 1 aliphatic heterocycles. The Kier molecular flexibility index (Phi) is 4.49. The zero-order valence-electron chi connectivity index (χ0n) is 14.3. The zero-order valence-corrected chi connectivity index (χ0v) is 15.2. The molecule has 130 valence electrons. The van der Waals surface area contributed by atoms with Crippen LogP contribution in [0.15, 0.2) is 60.7 Å². The highest BCUT2D eigenvalue weighted by Gasteiger charge is 2.61. The summed E-state index contributed by atoms with van der Waals surface area (Å²) in [7, 11) is -2.65. The van der Waals surface area contributed by atoms with Gasteiger partial charge in [0, 0.05) is 12.8 Å². The molecule has 1 atom stereocenters. The largest absolute Gasteiger partial charge is 0.334 e. The van der Waals surface area contributed by atoms with Crippen molar-refractivity contribution in [3.63, 3.8) is 0 Å². The minimum atomic E-state index is -2.65. The van der Waals surface area contributed by atoms with Crippen molar-refractivity contribution in [3.05, 3.63) is 60.7 Å². The molecular formula is C20H24N2O2P+. The van der Waals surface area contributed by atoms with Crippen LogP contribution in [-0.4, -0.2) is 29.4 Å². The highest BCUT2D eigenvalue weighted by Crippen LogP contribution is 2.71. The van der Waals surface area contributed by atoms with E-state index < -0.39 is 7.79 Å². The summed E-state index contributed by atoms with van der Waals surface area (Å²) in [5, 5.41) is 0. The Morgan fingerprint density at radius 3 is 1.88 bits per heavy atom. The van der Waals surface area contributed by atoms with Gasteiger partial charge in [-0.3, -0.25) is 4.79 Å². The Morgan fingerprint density at radius 1 is 0.880 bits per heavy atom. The fraction of sp³-hybridized carbons (Fsp3) is 0.350. The van der Waals surface area contributed by atoms with Crippen molar-refractivity contribution in [1.29, 1.82) is 0 Å². The first-order valence-corrected chi connectivity index (χ1v) is 10.7. The third-order valence-electron chi connectivity index (χ3n) is 5.29. The number of carbonyl (C=O) groups excluding carboxylic acids is 1.